The molecule has 0 aliphatic rings. The van der Waals surface area contributed by atoms with E-state index in [-0.39, 0.29) is 0 Å². The minimum atomic E-state index is 0.303. The summed E-state index contributed by atoms with van der Waals surface area (Å²) in [5.74, 6) is 0.956. The Morgan fingerprint density at radius 2 is 2.15 bits per heavy atom. The number of thiazole rings is 1. The molecule has 2 rings (SSSR count). The van der Waals surface area contributed by atoms with Gasteiger partial charge in [0.15, 0.2) is 0 Å². The molecule has 1 atom stereocenters. The van der Waals surface area contributed by atoms with E-state index in [1.165, 1.54) is 10.4 Å². The minimum absolute atomic E-state index is 0.303. The zero-order valence-electron chi connectivity index (χ0n) is 12.3. The highest BCUT2D eigenvalue weighted by Crippen LogP contribution is 2.27. The number of rotatable bonds is 7. The molecule has 1 heterocycles. The number of nitrogens with zero attached hydrogens (tertiary/aromatic N) is 1. The van der Waals surface area contributed by atoms with Crippen molar-refractivity contribution in [3.05, 3.63) is 45.9 Å². The summed E-state index contributed by atoms with van der Waals surface area (Å²) in [6.07, 6.45) is 4.04. The third-order valence-electron chi connectivity index (χ3n) is 3.24. The number of hydrogen-bond donors (Lipinski definition) is 1. The van der Waals surface area contributed by atoms with Crippen LogP contribution >= 0.6 is 11.3 Å². The molecule has 0 saturated carbocycles. The molecular formula is C16H22N2OS. The average Bonchev–Trinajstić information content (AvgIpc) is 2.90. The van der Waals surface area contributed by atoms with Crippen LogP contribution < -0.4 is 10.1 Å². The minimum Gasteiger partial charge on any atom is -0.496 e. The molecule has 0 saturated heterocycles. The molecule has 1 N–H and O–H groups in total. The Balaban J connectivity index is 2.19. The van der Waals surface area contributed by atoms with Gasteiger partial charge in [-0.3, -0.25) is 0 Å². The van der Waals surface area contributed by atoms with Gasteiger partial charge in [-0.1, -0.05) is 25.1 Å². The molecule has 0 aliphatic carbocycles. The Bertz CT molecular complexity index is 539. The van der Waals surface area contributed by atoms with Crippen molar-refractivity contribution in [2.24, 2.45) is 0 Å². The van der Waals surface area contributed by atoms with E-state index in [4.69, 9.17) is 4.74 Å². The highest BCUT2D eigenvalue weighted by atomic mass is 32.1. The van der Waals surface area contributed by atoms with Crippen molar-refractivity contribution in [2.75, 3.05) is 13.7 Å². The number of ether oxygens (including phenoxy) is 1. The van der Waals surface area contributed by atoms with Gasteiger partial charge in [0, 0.05) is 17.1 Å². The van der Waals surface area contributed by atoms with Crippen LogP contribution in [0.1, 0.15) is 34.8 Å². The number of benzene rings is 1. The van der Waals surface area contributed by atoms with E-state index in [2.05, 4.69) is 29.4 Å². The zero-order chi connectivity index (χ0) is 14.4. The van der Waals surface area contributed by atoms with E-state index >= 15 is 0 Å². The molecule has 3 nitrogen and oxygen atoms in total. The first-order valence-electron chi connectivity index (χ1n) is 7.02. The highest BCUT2D eigenvalue weighted by molar-refractivity contribution is 7.11. The van der Waals surface area contributed by atoms with Gasteiger partial charge in [-0.2, -0.15) is 0 Å². The van der Waals surface area contributed by atoms with Crippen molar-refractivity contribution in [1.82, 2.24) is 10.3 Å². The summed E-state index contributed by atoms with van der Waals surface area (Å²) >= 11 is 1.76. The Labute approximate surface area is 125 Å². The van der Waals surface area contributed by atoms with E-state index in [0.717, 1.165) is 30.1 Å². The molecular weight excluding hydrogens is 268 g/mol. The lowest BCUT2D eigenvalue weighted by Gasteiger charge is -2.18. The second kappa shape index (κ2) is 7.41. The van der Waals surface area contributed by atoms with Crippen LogP contribution in [0.15, 0.2) is 30.5 Å². The molecule has 20 heavy (non-hydrogen) atoms. The normalized spacial score (nSPS) is 12.3. The maximum Gasteiger partial charge on any atom is 0.122 e. The monoisotopic (exact) mass is 290 g/mol. The zero-order valence-corrected chi connectivity index (χ0v) is 13.2. The van der Waals surface area contributed by atoms with Gasteiger partial charge in [-0.25, -0.2) is 4.98 Å². The summed E-state index contributed by atoms with van der Waals surface area (Å²) in [6, 6.07) is 8.52. The SMILES string of the molecule is CCCNC(Cc1ccccc1OC)c1cnc(C)s1. The van der Waals surface area contributed by atoms with Crippen LogP contribution in [-0.2, 0) is 6.42 Å². The summed E-state index contributed by atoms with van der Waals surface area (Å²) in [4.78, 5) is 5.67. The largest absolute Gasteiger partial charge is 0.496 e. The van der Waals surface area contributed by atoms with Gasteiger partial charge in [0.1, 0.15) is 5.75 Å². The van der Waals surface area contributed by atoms with Gasteiger partial charge >= 0.3 is 0 Å². The topological polar surface area (TPSA) is 34.1 Å². The molecule has 2 aromatic rings. The van der Waals surface area contributed by atoms with Gasteiger partial charge in [-0.15, -0.1) is 11.3 Å². The fourth-order valence-electron chi connectivity index (χ4n) is 2.22. The molecule has 4 heteroatoms. The first-order chi connectivity index (χ1) is 9.74. The first kappa shape index (κ1) is 15.0. The van der Waals surface area contributed by atoms with Crippen LogP contribution in [0.5, 0.6) is 5.75 Å². The van der Waals surface area contributed by atoms with Crippen LogP contribution in [-0.4, -0.2) is 18.6 Å². The summed E-state index contributed by atoms with van der Waals surface area (Å²) in [5.41, 5.74) is 1.23. The van der Waals surface area contributed by atoms with Gasteiger partial charge in [-0.05, 0) is 37.9 Å². The van der Waals surface area contributed by atoms with Crippen molar-refractivity contribution in [1.29, 1.82) is 0 Å². The van der Waals surface area contributed by atoms with Crippen LogP contribution in [0.25, 0.3) is 0 Å². The summed E-state index contributed by atoms with van der Waals surface area (Å²) in [7, 11) is 1.73. The van der Waals surface area contributed by atoms with Gasteiger partial charge in [0.2, 0.25) is 0 Å². The van der Waals surface area contributed by atoms with Crippen LogP contribution in [0.4, 0.5) is 0 Å². The Morgan fingerprint density at radius 3 is 2.80 bits per heavy atom. The highest BCUT2D eigenvalue weighted by Gasteiger charge is 2.16. The van der Waals surface area contributed by atoms with Crippen LogP contribution in [0, 0.1) is 6.92 Å². The standard InChI is InChI=1S/C16H22N2OS/c1-4-9-17-14(16-11-18-12(2)20-16)10-13-7-5-6-8-15(13)19-3/h5-8,11,14,17H,4,9-10H2,1-3H3. The van der Waals surface area contributed by atoms with Gasteiger partial charge in [0.25, 0.3) is 0 Å². The third-order valence-corrected chi connectivity index (χ3v) is 4.27. The number of aromatic nitrogens is 1. The smallest absolute Gasteiger partial charge is 0.122 e. The molecule has 0 aliphatic heterocycles. The van der Waals surface area contributed by atoms with Crippen molar-refractivity contribution in [3.63, 3.8) is 0 Å². The molecule has 0 radical (unpaired) electrons. The van der Waals surface area contributed by atoms with Crippen molar-refractivity contribution in [2.45, 2.75) is 32.7 Å². The molecule has 0 amide bonds. The summed E-state index contributed by atoms with van der Waals surface area (Å²) in [5, 5.41) is 4.73. The van der Waals surface area contributed by atoms with E-state index in [9.17, 15) is 0 Å². The van der Waals surface area contributed by atoms with E-state index in [1.807, 2.05) is 25.3 Å². The maximum absolute atomic E-state index is 5.45. The molecule has 0 spiro atoms. The number of methoxy groups -OCH3 is 1. The van der Waals surface area contributed by atoms with Gasteiger partial charge < -0.3 is 10.1 Å². The Kier molecular flexibility index (Phi) is 5.56. The average molecular weight is 290 g/mol. The molecule has 108 valence electrons. The predicted octanol–water partition coefficient (Wildman–Crippen LogP) is 3.74. The van der Waals surface area contributed by atoms with Crippen molar-refractivity contribution < 1.29 is 4.74 Å². The quantitative estimate of drug-likeness (QED) is 0.843. The number of aryl methyl sites for hydroxylation is 1. The predicted molar refractivity (Wildman–Crippen MR) is 84.6 cm³/mol. The number of para-hydroxylation sites is 1. The lowest BCUT2D eigenvalue weighted by atomic mass is 10.0. The molecule has 1 unspecified atom stereocenters. The van der Waals surface area contributed by atoms with Crippen LogP contribution in [0.3, 0.4) is 0 Å². The van der Waals surface area contributed by atoms with Crippen molar-refractivity contribution in [3.8, 4) is 5.75 Å². The van der Waals surface area contributed by atoms with Crippen molar-refractivity contribution >= 4 is 11.3 Å². The molecule has 1 aromatic carbocycles. The van der Waals surface area contributed by atoms with E-state index in [0.29, 0.717) is 6.04 Å². The van der Waals surface area contributed by atoms with E-state index < -0.39 is 0 Å². The first-order valence-corrected chi connectivity index (χ1v) is 7.83. The fourth-order valence-corrected chi connectivity index (χ4v) is 3.08. The maximum atomic E-state index is 5.45. The lowest BCUT2D eigenvalue weighted by Crippen LogP contribution is -2.23. The Morgan fingerprint density at radius 1 is 1.35 bits per heavy atom. The number of nitrogens with one attached hydrogen (secondary N) is 1. The second-order valence-electron chi connectivity index (χ2n) is 4.80. The molecule has 0 fully saturated rings. The van der Waals surface area contributed by atoms with E-state index in [1.54, 1.807) is 18.4 Å². The molecule has 1 aromatic heterocycles. The summed E-state index contributed by atoms with van der Waals surface area (Å²) < 4.78 is 5.45. The summed E-state index contributed by atoms with van der Waals surface area (Å²) in [6.45, 7) is 5.25. The third kappa shape index (κ3) is 3.81. The second-order valence-corrected chi connectivity index (χ2v) is 6.07. The lowest BCUT2D eigenvalue weighted by molar-refractivity contribution is 0.405. The van der Waals surface area contributed by atoms with Gasteiger partial charge in [0.05, 0.1) is 12.1 Å². The Hall–Kier alpha value is -1.39. The number of hydrogen-bond acceptors (Lipinski definition) is 4. The molecule has 0 bridgehead atoms. The fraction of sp³-hybridized carbons (Fsp3) is 0.438. The van der Waals surface area contributed by atoms with Crippen LogP contribution in [0.2, 0.25) is 0 Å².